The summed E-state index contributed by atoms with van der Waals surface area (Å²) in [5, 5.41) is 0. The molecule has 0 aromatic carbocycles. The van der Waals surface area contributed by atoms with Crippen LogP contribution in [0.2, 0.25) is 0 Å². The Labute approximate surface area is 238 Å². The van der Waals surface area contributed by atoms with Gasteiger partial charge < -0.3 is 33.5 Å². The third kappa shape index (κ3) is 7.06. The van der Waals surface area contributed by atoms with Gasteiger partial charge in [-0.1, -0.05) is 0 Å². The number of aromatic nitrogens is 4. The molecule has 8 rings (SSSR count). The number of hydrogen-bond acceptors (Lipinski definition) is 13. The lowest BCUT2D eigenvalue weighted by Gasteiger charge is -2.44. The molecule has 0 aliphatic carbocycles. The number of piperidine rings is 6. The maximum absolute atomic E-state index is 5.91. The van der Waals surface area contributed by atoms with Gasteiger partial charge >= 0.3 is 0 Å². The monoisotopic (exact) mass is 580 g/mol. The number of ether oxygens (including phenoxy) is 5. The lowest BCUT2D eigenvalue weighted by Crippen LogP contribution is -2.46. The molecule has 0 saturated carbocycles. The zero-order valence-electron chi connectivity index (χ0n) is 22.6. The van der Waals surface area contributed by atoms with Crippen LogP contribution in [0, 0.1) is 11.8 Å². The molecular formula is C26H40N6O5S2. The van der Waals surface area contributed by atoms with Gasteiger partial charge in [-0.25, -0.2) is 0 Å². The Morgan fingerprint density at radius 3 is 1.28 bits per heavy atom. The van der Waals surface area contributed by atoms with Gasteiger partial charge in [0.15, 0.2) is 0 Å². The van der Waals surface area contributed by atoms with E-state index in [4.69, 9.17) is 23.7 Å². The van der Waals surface area contributed by atoms with Crippen LogP contribution in [0.15, 0.2) is 0 Å². The summed E-state index contributed by atoms with van der Waals surface area (Å²) in [7, 11) is 0. The predicted octanol–water partition coefficient (Wildman–Crippen LogP) is 2.52. The molecule has 216 valence electrons. The van der Waals surface area contributed by atoms with E-state index >= 15 is 0 Å². The van der Waals surface area contributed by atoms with Crippen LogP contribution in [0.4, 0.5) is 0 Å². The van der Waals surface area contributed by atoms with Crippen molar-refractivity contribution < 1.29 is 23.7 Å². The highest BCUT2D eigenvalue weighted by Gasteiger charge is 2.39. The van der Waals surface area contributed by atoms with Gasteiger partial charge in [0.1, 0.15) is 24.6 Å². The largest absolute Gasteiger partial charge is 0.473 e. The van der Waals surface area contributed by atoms with E-state index in [0.29, 0.717) is 88.3 Å². The standard InChI is InChI=1S/C26H40N6O5S2/c1-5-31-6-2-19(1)21(17-31)23-25(29-38-27-23)36-15-13-34-11-9-33-10-12-35-14-16-37-26-24(28-39-30-26)22-18-32-7-3-20(22)4-8-32/h19-22H,1-18H2/t21-,22-/m1/s1. The molecule has 39 heavy (non-hydrogen) atoms. The minimum absolute atomic E-state index is 0.459. The average Bonchev–Trinajstić information content (AvgIpc) is 3.66. The number of nitrogens with zero attached hydrogens (tertiary/aromatic N) is 6. The molecule has 8 heterocycles. The normalized spacial score (nSPS) is 29.6. The molecule has 2 aromatic heterocycles. The minimum Gasteiger partial charge on any atom is -0.473 e. The van der Waals surface area contributed by atoms with Crippen LogP contribution in [-0.4, -0.2) is 119 Å². The van der Waals surface area contributed by atoms with Crippen molar-refractivity contribution >= 4 is 23.5 Å². The second-order valence-corrected chi connectivity index (χ2v) is 12.0. The molecule has 6 fully saturated rings. The lowest BCUT2D eigenvalue weighted by molar-refractivity contribution is 0.00433. The zero-order chi connectivity index (χ0) is 26.3. The van der Waals surface area contributed by atoms with Crippen molar-refractivity contribution in [2.45, 2.75) is 37.5 Å². The molecule has 0 amide bonds. The zero-order valence-corrected chi connectivity index (χ0v) is 24.2. The van der Waals surface area contributed by atoms with E-state index in [1.54, 1.807) is 0 Å². The molecule has 0 unspecified atom stereocenters. The Morgan fingerprint density at radius 2 is 0.923 bits per heavy atom. The average molecular weight is 581 g/mol. The van der Waals surface area contributed by atoms with Gasteiger partial charge in [0.2, 0.25) is 11.8 Å². The molecule has 6 aliphatic rings. The van der Waals surface area contributed by atoms with Gasteiger partial charge in [0.05, 0.1) is 63.1 Å². The molecule has 13 heteroatoms. The van der Waals surface area contributed by atoms with Crippen molar-refractivity contribution in [2.75, 3.05) is 92.1 Å². The summed E-state index contributed by atoms with van der Waals surface area (Å²) < 4.78 is 46.7. The Morgan fingerprint density at radius 1 is 0.538 bits per heavy atom. The number of hydrogen-bond donors (Lipinski definition) is 0. The Bertz CT molecular complexity index is 932. The fraction of sp³-hybridized carbons (Fsp3) is 0.846. The van der Waals surface area contributed by atoms with Gasteiger partial charge in [-0.05, 0) is 63.7 Å². The third-order valence-corrected chi connectivity index (χ3v) is 9.71. The van der Waals surface area contributed by atoms with E-state index in [1.165, 1.54) is 75.3 Å². The first-order valence-electron chi connectivity index (χ1n) is 14.4. The maximum Gasteiger partial charge on any atom is 0.249 e. The molecular weight excluding hydrogens is 540 g/mol. The van der Waals surface area contributed by atoms with Crippen LogP contribution in [0.25, 0.3) is 0 Å². The number of fused-ring (bicyclic) bond motifs is 6. The minimum atomic E-state index is 0.459. The van der Waals surface area contributed by atoms with Crippen LogP contribution in [-0.2, 0) is 14.2 Å². The van der Waals surface area contributed by atoms with Gasteiger partial charge in [-0.3, -0.25) is 0 Å². The third-order valence-electron chi connectivity index (χ3n) is 8.66. The predicted molar refractivity (Wildman–Crippen MR) is 147 cm³/mol. The van der Waals surface area contributed by atoms with E-state index in [9.17, 15) is 0 Å². The summed E-state index contributed by atoms with van der Waals surface area (Å²) in [6.45, 7) is 11.1. The van der Waals surface area contributed by atoms with E-state index in [0.717, 1.165) is 24.5 Å². The van der Waals surface area contributed by atoms with E-state index < -0.39 is 0 Å². The quantitative estimate of drug-likeness (QED) is 0.274. The topological polar surface area (TPSA) is 104 Å². The van der Waals surface area contributed by atoms with Crippen LogP contribution in [0.1, 0.15) is 48.9 Å². The molecule has 2 aromatic rings. The highest BCUT2D eigenvalue weighted by Crippen LogP contribution is 2.42. The van der Waals surface area contributed by atoms with Crippen LogP contribution < -0.4 is 9.47 Å². The second-order valence-electron chi connectivity index (χ2n) is 10.9. The summed E-state index contributed by atoms with van der Waals surface area (Å²) in [4.78, 5) is 5.06. The second kappa shape index (κ2) is 13.9. The first-order chi connectivity index (χ1) is 19.3. The van der Waals surface area contributed by atoms with Gasteiger partial charge in [-0.2, -0.15) is 8.75 Å². The molecule has 0 spiro atoms. The van der Waals surface area contributed by atoms with Crippen LogP contribution in [0.5, 0.6) is 11.8 Å². The first kappa shape index (κ1) is 27.7. The summed E-state index contributed by atoms with van der Waals surface area (Å²) in [5.74, 6) is 3.74. The Kier molecular flexibility index (Phi) is 9.88. The molecule has 6 aliphatic heterocycles. The fourth-order valence-electron chi connectivity index (χ4n) is 6.51. The van der Waals surface area contributed by atoms with E-state index in [1.807, 2.05) is 0 Å². The molecule has 2 atom stereocenters. The van der Waals surface area contributed by atoms with Gasteiger partial charge in [-0.15, -0.1) is 8.75 Å². The highest BCUT2D eigenvalue weighted by atomic mass is 32.1. The summed E-state index contributed by atoms with van der Waals surface area (Å²) in [6.07, 6.45) is 5.03. The van der Waals surface area contributed by atoms with Crippen molar-refractivity contribution in [3.05, 3.63) is 11.4 Å². The van der Waals surface area contributed by atoms with Crippen molar-refractivity contribution in [3.63, 3.8) is 0 Å². The van der Waals surface area contributed by atoms with E-state index in [-0.39, 0.29) is 0 Å². The van der Waals surface area contributed by atoms with Crippen molar-refractivity contribution in [2.24, 2.45) is 11.8 Å². The Hall–Kier alpha value is -1.48. The molecule has 4 bridgehead atoms. The fourth-order valence-corrected chi connectivity index (χ4v) is 7.64. The SMILES string of the molecule is C(COCCOc1nsnc1[C@@H]1CN2CCC1CC2)OCCOCCOc1nsnc1[C@@H]1CN2CCC1CC2. The van der Waals surface area contributed by atoms with Crippen molar-refractivity contribution in [1.82, 2.24) is 27.3 Å². The maximum atomic E-state index is 5.91. The summed E-state index contributed by atoms with van der Waals surface area (Å²) >= 11 is 2.50. The lowest BCUT2D eigenvalue weighted by atomic mass is 9.77. The first-order valence-corrected chi connectivity index (χ1v) is 15.9. The molecule has 11 nitrogen and oxygen atoms in total. The van der Waals surface area contributed by atoms with Crippen molar-refractivity contribution in [1.29, 1.82) is 0 Å². The van der Waals surface area contributed by atoms with Gasteiger partial charge in [0.25, 0.3) is 0 Å². The smallest absolute Gasteiger partial charge is 0.249 e. The van der Waals surface area contributed by atoms with Crippen LogP contribution in [0.3, 0.4) is 0 Å². The summed E-state index contributed by atoms with van der Waals surface area (Å²) in [6, 6.07) is 0. The Balaban J connectivity index is 0.770. The van der Waals surface area contributed by atoms with Crippen LogP contribution >= 0.6 is 23.5 Å². The van der Waals surface area contributed by atoms with Gasteiger partial charge in [0, 0.05) is 24.9 Å². The molecule has 6 saturated heterocycles. The molecule has 0 radical (unpaired) electrons. The highest BCUT2D eigenvalue weighted by molar-refractivity contribution is 6.99. The van der Waals surface area contributed by atoms with Crippen molar-refractivity contribution in [3.8, 4) is 11.8 Å². The number of rotatable bonds is 16. The summed E-state index contributed by atoms with van der Waals surface area (Å²) in [5.41, 5.74) is 2.09. The molecule has 0 N–H and O–H groups in total. The van der Waals surface area contributed by atoms with E-state index in [2.05, 4.69) is 27.3 Å².